The van der Waals surface area contributed by atoms with Crippen molar-refractivity contribution in [2.45, 2.75) is 4.90 Å². The minimum atomic E-state index is -0.772. The van der Waals surface area contributed by atoms with Crippen LogP contribution in [-0.4, -0.2) is 24.9 Å². The number of alkyl carbamates (subject to hydrolysis) is 1. The zero-order chi connectivity index (χ0) is 12.8. The van der Waals surface area contributed by atoms with Crippen molar-refractivity contribution < 1.29 is 14.3 Å². The number of hydrogen-bond donors (Lipinski definition) is 2. The standard InChI is InChI=1S/C10H11ClN2O3S/c1-16-10(15)13-9(14)5-17-6-2-3-8(12)7(11)4-6/h2-4H,5,12H2,1H3,(H,13,14,15). The molecule has 0 fully saturated rings. The Morgan fingerprint density at radius 2 is 2.24 bits per heavy atom. The maximum absolute atomic E-state index is 11.2. The Kier molecular flexibility index (Phi) is 5.11. The van der Waals surface area contributed by atoms with Crippen LogP contribution in [0.1, 0.15) is 0 Å². The van der Waals surface area contributed by atoms with Gasteiger partial charge < -0.3 is 10.5 Å². The van der Waals surface area contributed by atoms with Gasteiger partial charge in [-0.1, -0.05) is 11.6 Å². The third-order valence-corrected chi connectivity index (χ3v) is 3.09. The Labute approximate surface area is 108 Å². The predicted octanol–water partition coefficient (Wildman–Crippen LogP) is 1.90. The first-order chi connectivity index (χ1) is 8.02. The highest BCUT2D eigenvalue weighted by Crippen LogP contribution is 2.26. The first-order valence-electron chi connectivity index (χ1n) is 4.58. The molecular weight excluding hydrogens is 264 g/mol. The molecule has 0 radical (unpaired) electrons. The number of carbonyl (C=O) groups excluding carboxylic acids is 2. The predicted molar refractivity (Wildman–Crippen MR) is 67.1 cm³/mol. The highest BCUT2D eigenvalue weighted by atomic mass is 35.5. The first-order valence-corrected chi connectivity index (χ1v) is 5.95. The van der Waals surface area contributed by atoms with Crippen molar-refractivity contribution in [3.05, 3.63) is 23.2 Å². The summed E-state index contributed by atoms with van der Waals surface area (Å²) in [5, 5.41) is 2.48. The first kappa shape index (κ1) is 13.7. The van der Waals surface area contributed by atoms with Crippen molar-refractivity contribution in [2.75, 3.05) is 18.6 Å². The molecule has 0 saturated heterocycles. The number of halogens is 1. The number of benzene rings is 1. The SMILES string of the molecule is COC(=O)NC(=O)CSc1ccc(N)c(Cl)c1. The summed E-state index contributed by atoms with van der Waals surface area (Å²) in [5.74, 6) is -0.343. The van der Waals surface area contributed by atoms with Crippen LogP contribution in [0.4, 0.5) is 10.5 Å². The summed E-state index contributed by atoms with van der Waals surface area (Å²) >= 11 is 7.07. The van der Waals surface area contributed by atoms with Gasteiger partial charge in [0.05, 0.1) is 23.6 Å². The number of amides is 2. The van der Waals surface area contributed by atoms with E-state index in [-0.39, 0.29) is 5.75 Å². The molecule has 0 unspecified atom stereocenters. The molecule has 2 amide bonds. The van der Waals surface area contributed by atoms with Crippen LogP contribution in [0, 0.1) is 0 Å². The average Bonchev–Trinajstić information content (AvgIpc) is 2.30. The van der Waals surface area contributed by atoms with E-state index >= 15 is 0 Å². The van der Waals surface area contributed by atoms with Crippen molar-refractivity contribution in [3.8, 4) is 0 Å². The summed E-state index contributed by atoms with van der Waals surface area (Å²) < 4.78 is 4.29. The van der Waals surface area contributed by atoms with Gasteiger partial charge in [-0.15, -0.1) is 11.8 Å². The number of imide groups is 1. The van der Waals surface area contributed by atoms with Gasteiger partial charge >= 0.3 is 6.09 Å². The second-order valence-corrected chi connectivity index (χ2v) is 4.47. The fraction of sp³-hybridized carbons (Fsp3) is 0.200. The van der Waals surface area contributed by atoms with Gasteiger partial charge in [0.25, 0.3) is 0 Å². The van der Waals surface area contributed by atoms with Crippen LogP contribution >= 0.6 is 23.4 Å². The number of nitrogens with two attached hydrogens (primary N) is 1. The monoisotopic (exact) mass is 274 g/mol. The van der Waals surface area contributed by atoms with Crippen molar-refractivity contribution >= 4 is 41.1 Å². The molecule has 0 atom stereocenters. The lowest BCUT2D eigenvalue weighted by atomic mass is 10.3. The molecule has 0 saturated carbocycles. The summed E-state index contributed by atoms with van der Waals surface area (Å²) in [7, 11) is 1.19. The highest BCUT2D eigenvalue weighted by molar-refractivity contribution is 8.00. The maximum Gasteiger partial charge on any atom is 0.413 e. The number of hydrogen-bond acceptors (Lipinski definition) is 5. The molecule has 3 N–H and O–H groups in total. The van der Waals surface area contributed by atoms with Crippen molar-refractivity contribution in [2.24, 2.45) is 0 Å². The Balaban J connectivity index is 2.47. The number of nitrogens with one attached hydrogen (secondary N) is 1. The van der Waals surface area contributed by atoms with E-state index in [1.165, 1.54) is 18.9 Å². The quantitative estimate of drug-likeness (QED) is 0.650. The summed E-state index contributed by atoms with van der Waals surface area (Å²) in [5.41, 5.74) is 6.03. The Morgan fingerprint density at radius 1 is 1.53 bits per heavy atom. The highest BCUT2D eigenvalue weighted by Gasteiger charge is 2.08. The molecule has 0 bridgehead atoms. The van der Waals surface area contributed by atoms with Crippen molar-refractivity contribution in [1.29, 1.82) is 0 Å². The third-order valence-electron chi connectivity index (χ3n) is 1.77. The molecule has 7 heteroatoms. The van der Waals surface area contributed by atoms with E-state index in [0.717, 1.165) is 4.90 Å². The molecule has 0 aliphatic rings. The lowest BCUT2D eigenvalue weighted by Crippen LogP contribution is -2.31. The number of methoxy groups -OCH3 is 1. The van der Waals surface area contributed by atoms with Gasteiger partial charge in [-0.2, -0.15) is 0 Å². The van der Waals surface area contributed by atoms with E-state index in [4.69, 9.17) is 17.3 Å². The number of thioether (sulfide) groups is 1. The van der Waals surface area contributed by atoms with Crippen LogP contribution in [0.25, 0.3) is 0 Å². The number of nitrogen functional groups attached to an aromatic ring is 1. The summed E-state index contributed by atoms with van der Waals surface area (Å²) in [6.07, 6.45) is -0.772. The normalized spacial score (nSPS) is 9.76. The van der Waals surface area contributed by atoms with Crippen molar-refractivity contribution in [3.63, 3.8) is 0 Å². The minimum Gasteiger partial charge on any atom is -0.453 e. The van der Waals surface area contributed by atoms with Gasteiger partial charge in [0.1, 0.15) is 0 Å². The van der Waals surface area contributed by atoms with E-state index < -0.39 is 12.0 Å². The average molecular weight is 275 g/mol. The number of rotatable bonds is 3. The van der Waals surface area contributed by atoms with Gasteiger partial charge in [0, 0.05) is 4.90 Å². The largest absolute Gasteiger partial charge is 0.453 e. The van der Waals surface area contributed by atoms with Gasteiger partial charge in [-0.05, 0) is 18.2 Å². The molecule has 1 aromatic carbocycles. The second kappa shape index (κ2) is 6.36. The van der Waals surface area contributed by atoms with Gasteiger partial charge in [0.15, 0.2) is 0 Å². The molecule has 5 nitrogen and oxygen atoms in total. The second-order valence-electron chi connectivity index (χ2n) is 3.01. The summed E-state index contributed by atoms with van der Waals surface area (Å²) in [6, 6.07) is 5.06. The Bertz CT molecular complexity index is 440. The zero-order valence-corrected chi connectivity index (χ0v) is 10.6. The lowest BCUT2D eigenvalue weighted by molar-refractivity contribution is -0.117. The van der Waals surface area contributed by atoms with Gasteiger partial charge in [0.2, 0.25) is 5.91 Å². The van der Waals surface area contributed by atoms with E-state index in [1.54, 1.807) is 18.2 Å². The van der Waals surface area contributed by atoms with Crippen LogP contribution in [0.2, 0.25) is 5.02 Å². The fourth-order valence-electron chi connectivity index (χ4n) is 0.947. The van der Waals surface area contributed by atoms with Gasteiger partial charge in [-0.25, -0.2) is 4.79 Å². The molecule has 0 spiro atoms. The van der Waals surface area contributed by atoms with Crippen LogP contribution < -0.4 is 11.1 Å². The Morgan fingerprint density at radius 3 is 2.82 bits per heavy atom. The molecule has 0 aromatic heterocycles. The smallest absolute Gasteiger partial charge is 0.413 e. The van der Waals surface area contributed by atoms with Crippen LogP contribution in [0.5, 0.6) is 0 Å². The third kappa shape index (κ3) is 4.54. The van der Waals surface area contributed by atoms with E-state index in [2.05, 4.69) is 4.74 Å². The minimum absolute atomic E-state index is 0.0926. The summed E-state index contributed by atoms with van der Waals surface area (Å²) in [4.78, 5) is 22.8. The number of ether oxygens (including phenoxy) is 1. The molecule has 1 aromatic rings. The maximum atomic E-state index is 11.2. The lowest BCUT2D eigenvalue weighted by Gasteiger charge is -2.04. The number of anilines is 1. The molecule has 0 heterocycles. The summed E-state index contributed by atoms with van der Waals surface area (Å²) in [6.45, 7) is 0. The molecular formula is C10H11ClN2O3S. The topological polar surface area (TPSA) is 81.4 Å². The number of carbonyl (C=O) groups is 2. The fourth-order valence-corrected chi connectivity index (χ4v) is 1.93. The van der Waals surface area contributed by atoms with Crippen LogP contribution in [0.3, 0.4) is 0 Å². The molecule has 0 aliphatic carbocycles. The Hall–Kier alpha value is -1.40. The van der Waals surface area contributed by atoms with E-state index in [9.17, 15) is 9.59 Å². The van der Waals surface area contributed by atoms with Gasteiger partial charge in [-0.3, -0.25) is 10.1 Å². The van der Waals surface area contributed by atoms with Crippen LogP contribution in [0.15, 0.2) is 23.1 Å². The zero-order valence-electron chi connectivity index (χ0n) is 9.03. The van der Waals surface area contributed by atoms with E-state index in [1.807, 2.05) is 5.32 Å². The molecule has 0 aliphatic heterocycles. The molecule has 17 heavy (non-hydrogen) atoms. The molecule has 1 rings (SSSR count). The van der Waals surface area contributed by atoms with Crippen LogP contribution in [-0.2, 0) is 9.53 Å². The van der Waals surface area contributed by atoms with Crippen molar-refractivity contribution in [1.82, 2.24) is 5.32 Å². The van der Waals surface area contributed by atoms with E-state index in [0.29, 0.717) is 10.7 Å². The molecule has 92 valence electrons.